The Morgan fingerprint density at radius 3 is 2.70 bits per heavy atom. The Hall–Kier alpha value is -4.80. The van der Waals surface area contributed by atoms with Crippen LogP contribution in [-0.4, -0.2) is 51.9 Å². The van der Waals surface area contributed by atoms with Crippen LogP contribution in [0.2, 0.25) is 0 Å². The summed E-state index contributed by atoms with van der Waals surface area (Å²) in [6, 6.07) is 10.5. The number of halogens is 3. The molecule has 1 fully saturated rings. The van der Waals surface area contributed by atoms with Crippen molar-refractivity contribution >= 4 is 28.5 Å². The number of anilines is 1. The Morgan fingerprint density at radius 2 is 1.95 bits per heavy atom. The van der Waals surface area contributed by atoms with Crippen LogP contribution in [0.1, 0.15) is 33.8 Å². The average molecular weight is 548 g/mol. The minimum Gasteiger partial charge on any atom is -0.496 e. The van der Waals surface area contributed by atoms with Crippen LogP contribution in [0.5, 0.6) is 5.75 Å². The van der Waals surface area contributed by atoms with E-state index in [1.54, 1.807) is 29.3 Å². The van der Waals surface area contributed by atoms with Crippen LogP contribution in [0.25, 0.3) is 22.0 Å². The molecule has 2 aromatic heterocycles. The molecule has 0 aliphatic carbocycles. The number of alkyl halides is 3. The van der Waals surface area contributed by atoms with Gasteiger partial charge in [0.2, 0.25) is 5.91 Å². The minimum absolute atomic E-state index is 0.0631. The quantitative estimate of drug-likeness (QED) is 0.322. The summed E-state index contributed by atoms with van der Waals surface area (Å²) in [5, 5.41) is 3.23. The summed E-state index contributed by atoms with van der Waals surface area (Å²) in [4.78, 5) is 39.3. The maximum atomic E-state index is 13.1. The van der Waals surface area contributed by atoms with Crippen molar-refractivity contribution in [2.45, 2.75) is 18.5 Å². The number of hydrogen-bond donors (Lipinski definition) is 1. The number of carbonyl (C=O) groups excluding carboxylic acids is 2. The minimum atomic E-state index is -4.57. The smallest absolute Gasteiger partial charge is 0.416 e. The van der Waals surface area contributed by atoms with Crippen molar-refractivity contribution in [1.29, 1.82) is 0 Å². The molecule has 4 aromatic rings. The maximum absolute atomic E-state index is 13.1. The van der Waals surface area contributed by atoms with E-state index in [1.807, 2.05) is 12.1 Å². The molecule has 1 unspecified atom stereocenters. The first-order chi connectivity index (χ1) is 19.2. The molecule has 2 aromatic carbocycles. The Balaban J connectivity index is 1.47. The number of fused-ring (bicyclic) bond motifs is 1. The molecule has 0 saturated carbocycles. The first-order valence-electron chi connectivity index (χ1n) is 12.4. The van der Waals surface area contributed by atoms with Crippen LogP contribution in [0.3, 0.4) is 0 Å². The van der Waals surface area contributed by atoms with Gasteiger partial charge < -0.3 is 15.0 Å². The lowest BCUT2D eigenvalue weighted by Gasteiger charge is -2.17. The van der Waals surface area contributed by atoms with Gasteiger partial charge in [0.05, 0.1) is 23.8 Å². The van der Waals surface area contributed by atoms with Crippen molar-refractivity contribution in [2.75, 3.05) is 25.5 Å². The third-order valence-electron chi connectivity index (χ3n) is 6.86. The Labute approximate surface area is 227 Å². The summed E-state index contributed by atoms with van der Waals surface area (Å²) >= 11 is 0. The van der Waals surface area contributed by atoms with Crippen LogP contribution in [0, 0.1) is 0 Å². The van der Waals surface area contributed by atoms with Crippen molar-refractivity contribution < 1.29 is 27.5 Å². The summed E-state index contributed by atoms with van der Waals surface area (Å²) in [5.74, 6) is -0.715. The van der Waals surface area contributed by atoms with Gasteiger partial charge in [0.1, 0.15) is 17.9 Å². The molecule has 1 aliphatic rings. The number of benzene rings is 2. The standard InChI is InChI=1S/C29H24F3N5O3/c1-3-26(38)37-9-7-18(15-37)23-11-19(10-20-14-33-16-35-27(20)23)17-4-5-22(24(12-17)40-2)28(39)36-25-13-21(6-8-34-25)29(30,31)32/h3-6,8,10-14,16,18H,1,7,9,15H2,2H3,(H,34,36,39). The second kappa shape index (κ2) is 10.8. The number of amides is 2. The highest BCUT2D eigenvalue weighted by molar-refractivity contribution is 6.06. The van der Waals surface area contributed by atoms with Gasteiger partial charge in [-0.05, 0) is 65.6 Å². The summed E-state index contributed by atoms with van der Waals surface area (Å²) < 4.78 is 44.7. The van der Waals surface area contributed by atoms with E-state index in [0.717, 1.165) is 52.3 Å². The van der Waals surface area contributed by atoms with Crippen LogP contribution >= 0.6 is 0 Å². The molecule has 0 spiro atoms. The SMILES string of the molecule is C=CC(=O)N1CCC(c2cc(-c3ccc(C(=O)Nc4cc(C(F)(F)F)ccn4)c(OC)c3)cc3cncnc23)C1. The van der Waals surface area contributed by atoms with Gasteiger partial charge in [-0.3, -0.25) is 9.59 Å². The van der Waals surface area contributed by atoms with Crippen LogP contribution in [0.4, 0.5) is 19.0 Å². The molecule has 2 amide bonds. The molecule has 0 bridgehead atoms. The lowest BCUT2D eigenvalue weighted by Crippen LogP contribution is -2.26. The molecule has 0 radical (unpaired) electrons. The molecule has 204 valence electrons. The molecule has 11 heteroatoms. The van der Waals surface area contributed by atoms with E-state index < -0.39 is 17.6 Å². The summed E-state index contributed by atoms with van der Waals surface area (Å²) in [6.07, 6.45) is 1.71. The molecule has 8 nitrogen and oxygen atoms in total. The molecule has 1 atom stereocenters. The van der Waals surface area contributed by atoms with Crippen LogP contribution in [-0.2, 0) is 11.0 Å². The predicted molar refractivity (Wildman–Crippen MR) is 143 cm³/mol. The number of hydrogen-bond acceptors (Lipinski definition) is 6. The number of rotatable bonds is 6. The Kier molecular flexibility index (Phi) is 7.20. The number of methoxy groups -OCH3 is 1. The number of nitrogens with zero attached hydrogens (tertiary/aromatic N) is 4. The van der Waals surface area contributed by atoms with Crippen LogP contribution < -0.4 is 10.1 Å². The highest BCUT2D eigenvalue weighted by Crippen LogP contribution is 2.37. The van der Waals surface area contributed by atoms with Gasteiger partial charge in [-0.15, -0.1) is 0 Å². The average Bonchev–Trinajstić information content (AvgIpc) is 3.46. The number of likely N-dealkylation sites (tertiary alicyclic amines) is 1. The van der Waals surface area contributed by atoms with Crippen molar-refractivity contribution in [2.24, 2.45) is 0 Å². The zero-order valence-electron chi connectivity index (χ0n) is 21.4. The highest BCUT2D eigenvalue weighted by atomic mass is 19.4. The molecule has 5 rings (SSSR count). The Morgan fingerprint density at radius 1 is 1.12 bits per heavy atom. The zero-order chi connectivity index (χ0) is 28.4. The summed E-state index contributed by atoms with van der Waals surface area (Å²) in [7, 11) is 1.40. The maximum Gasteiger partial charge on any atom is 0.416 e. The van der Waals surface area contributed by atoms with E-state index in [9.17, 15) is 22.8 Å². The molecule has 40 heavy (non-hydrogen) atoms. The second-order valence-electron chi connectivity index (χ2n) is 9.30. The lowest BCUT2D eigenvalue weighted by molar-refractivity contribution is -0.137. The van der Waals surface area contributed by atoms with Gasteiger partial charge >= 0.3 is 6.18 Å². The third-order valence-corrected chi connectivity index (χ3v) is 6.86. The third kappa shape index (κ3) is 5.35. The topological polar surface area (TPSA) is 97.3 Å². The van der Waals surface area contributed by atoms with Gasteiger partial charge in [0.15, 0.2) is 0 Å². The van der Waals surface area contributed by atoms with Gasteiger partial charge in [-0.1, -0.05) is 12.6 Å². The van der Waals surface area contributed by atoms with Crippen molar-refractivity contribution in [3.63, 3.8) is 0 Å². The number of nitrogens with one attached hydrogen (secondary N) is 1. The predicted octanol–water partition coefficient (Wildman–Crippen LogP) is 5.47. The van der Waals surface area contributed by atoms with Gasteiger partial charge in [0, 0.05) is 36.8 Å². The fraction of sp³-hybridized carbons (Fsp3) is 0.207. The molecule has 1 aliphatic heterocycles. The fourth-order valence-electron chi connectivity index (χ4n) is 4.87. The van der Waals surface area contributed by atoms with E-state index in [4.69, 9.17) is 4.74 Å². The number of ether oxygens (including phenoxy) is 1. The highest BCUT2D eigenvalue weighted by Gasteiger charge is 2.31. The zero-order valence-corrected chi connectivity index (χ0v) is 21.4. The fourth-order valence-corrected chi connectivity index (χ4v) is 4.87. The first-order valence-corrected chi connectivity index (χ1v) is 12.4. The summed E-state index contributed by atoms with van der Waals surface area (Å²) in [5.41, 5.74) is 2.56. The molecule has 3 heterocycles. The number of carbonyl (C=O) groups is 2. The first kappa shape index (κ1) is 26.8. The van der Waals surface area contributed by atoms with E-state index in [1.165, 1.54) is 19.5 Å². The van der Waals surface area contributed by atoms with Gasteiger partial charge in [-0.2, -0.15) is 13.2 Å². The number of pyridine rings is 1. The normalized spacial score (nSPS) is 15.2. The monoisotopic (exact) mass is 547 g/mol. The van der Waals surface area contributed by atoms with E-state index in [0.29, 0.717) is 13.1 Å². The van der Waals surface area contributed by atoms with Gasteiger partial charge in [0.25, 0.3) is 5.91 Å². The lowest BCUT2D eigenvalue weighted by atomic mass is 9.91. The molecule has 1 N–H and O–H groups in total. The van der Waals surface area contributed by atoms with Crippen molar-refractivity contribution in [3.05, 3.63) is 90.5 Å². The second-order valence-corrected chi connectivity index (χ2v) is 9.30. The molecular weight excluding hydrogens is 523 g/mol. The largest absolute Gasteiger partial charge is 0.496 e. The van der Waals surface area contributed by atoms with E-state index in [2.05, 4.69) is 26.8 Å². The van der Waals surface area contributed by atoms with E-state index in [-0.39, 0.29) is 29.0 Å². The Bertz CT molecular complexity index is 1620. The van der Waals surface area contributed by atoms with Gasteiger partial charge in [-0.25, -0.2) is 15.0 Å². The van der Waals surface area contributed by atoms with Crippen LogP contribution in [0.15, 0.2) is 73.8 Å². The summed E-state index contributed by atoms with van der Waals surface area (Å²) in [6.45, 7) is 4.74. The molecule has 1 saturated heterocycles. The molecular formula is C29H24F3N5O3. The number of aromatic nitrogens is 3. The van der Waals surface area contributed by atoms with Crippen molar-refractivity contribution in [3.8, 4) is 16.9 Å². The van der Waals surface area contributed by atoms with Crippen molar-refractivity contribution in [1.82, 2.24) is 19.9 Å². The van der Waals surface area contributed by atoms with E-state index >= 15 is 0 Å².